The Morgan fingerprint density at radius 2 is 1.26 bits per heavy atom. The molecule has 1 atom stereocenters. The van der Waals surface area contributed by atoms with Crippen molar-refractivity contribution < 1.29 is 23.2 Å². The first-order valence-corrected chi connectivity index (χ1v) is 11.0. The first-order chi connectivity index (χ1) is 16.9. The lowest BCUT2D eigenvalue weighted by Gasteiger charge is -2.36. The van der Waals surface area contributed by atoms with E-state index >= 15 is 0 Å². The van der Waals surface area contributed by atoms with Crippen LogP contribution in [0.4, 0.5) is 14.5 Å². The van der Waals surface area contributed by atoms with Crippen LogP contribution in [0, 0.1) is 21.7 Å². The maximum Gasteiger partial charge on any atom is 0.314 e. The molecule has 4 rings (SSSR count). The Balaban J connectivity index is 1.73. The topological polar surface area (TPSA) is 61.6 Å². The van der Waals surface area contributed by atoms with E-state index in [1.54, 1.807) is 6.92 Å². The second kappa shape index (κ2) is 10.4. The van der Waals surface area contributed by atoms with Crippen LogP contribution in [0.15, 0.2) is 103 Å². The Kier molecular flexibility index (Phi) is 7.17. The summed E-state index contributed by atoms with van der Waals surface area (Å²) in [6, 6.07) is 30.4. The highest BCUT2D eigenvalue weighted by Crippen LogP contribution is 2.41. The smallest absolute Gasteiger partial charge is 0.314 e. The van der Waals surface area contributed by atoms with E-state index in [1.807, 2.05) is 91.0 Å². The summed E-state index contributed by atoms with van der Waals surface area (Å²) in [5.74, 6) is -3.40. The molecule has 0 saturated carbocycles. The molecule has 0 aromatic heterocycles. The van der Waals surface area contributed by atoms with Crippen LogP contribution in [0.3, 0.4) is 0 Å². The Hall–Kier alpha value is -4.10. The van der Waals surface area contributed by atoms with Crippen molar-refractivity contribution in [3.63, 3.8) is 0 Å². The highest BCUT2D eigenvalue weighted by molar-refractivity contribution is 5.48. The Morgan fingerprint density at radius 1 is 0.800 bits per heavy atom. The SMILES string of the molecule is CC(COC(c1ccccc1)(c1ccccc1)c1ccccc1)Oc1c([N+](=O)[O-])ccc(F)c1F. The van der Waals surface area contributed by atoms with E-state index in [1.165, 1.54) is 0 Å². The van der Waals surface area contributed by atoms with Crippen molar-refractivity contribution in [2.45, 2.75) is 18.6 Å². The minimum atomic E-state index is -1.41. The molecule has 0 aliphatic rings. The van der Waals surface area contributed by atoms with E-state index in [0.29, 0.717) is 6.07 Å². The zero-order valence-corrected chi connectivity index (χ0v) is 18.9. The Bertz CT molecular complexity index is 1190. The van der Waals surface area contributed by atoms with Gasteiger partial charge in [0.15, 0.2) is 5.82 Å². The molecule has 35 heavy (non-hydrogen) atoms. The summed E-state index contributed by atoms with van der Waals surface area (Å²) in [7, 11) is 0. The molecule has 0 saturated heterocycles. The number of ether oxygens (including phenoxy) is 2. The van der Waals surface area contributed by atoms with E-state index in [9.17, 15) is 18.9 Å². The van der Waals surface area contributed by atoms with Gasteiger partial charge in [-0.25, -0.2) is 4.39 Å². The molecule has 4 aromatic carbocycles. The van der Waals surface area contributed by atoms with Gasteiger partial charge in [-0.3, -0.25) is 10.1 Å². The molecule has 7 heteroatoms. The highest BCUT2D eigenvalue weighted by Gasteiger charge is 2.38. The van der Waals surface area contributed by atoms with Crippen molar-refractivity contribution >= 4 is 5.69 Å². The number of benzene rings is 4. The van der Waals surface area contributed by atoms with Gasteiger partial charge in [0.2, 0.25) is 11.6 Å². The molecule has 5 nitrogen and oxygen atoms in total. The van der Waals surface area contributed by atoms with Crippen LogP contribution in [0.25, 0.3) is 0 Å². The van der Waals surface area contributed by atoms with Gasteiger partial charge in [0.05, 0.1) is 11.5 Å². The summed E-state index contributed by atoms with van der Waals surface area (Å²) in [5, 5.41) is 11.3. The summed E-state index contributed by atoms with van der Waals surface area (Å²) in [5.41, 5.74) is 0.858. The van der Waals surface area contributed by atoms with Crippen molar-refractivity contribution in [3.8, 4) is 5.75 Å². The van der Waals surface area contributed by atoms with Gasteiger partial charge in [0.25, 0.3) is 0 Å². The zero-order chi connectivity index (χ0) is 24.8. The summed E-state index contributed by atoms with van der Waals surface area (Å²) in [4.78, 5) is 10.5. The fourth-order valence-corrected chi connectivity index (χ4v) is 4.02. The number of rotatable bonds is 9. The van der Waals surface area contributed by atoms with Crippen LogP contribution < -0.4 is 4.74 Å². The molecule has 178 valence electrons. The normalized spacial score (nSPS) is 12.2. The van der Waals surface area contributed by atoms with E-state index in [4.69, 9.17) is 9.47 Å². The third kappa shape index (κ3) is 4.90. The van der Waals surface area contributed by atoms with Crippen molar-refractivity contribution in [3.05, 3.63) is 142 Å². The van der Waals surface area contributed by atoms with Gasteiger partial charge in [-0.2, -0.15) is 4.39 Å². The largest absolute Gasteiger partial charge is 0.479 e. The van der Waals surface area contributed by atoms with Gasteiger partial charge < -0.3 is 9.47 Å². The molecule has 0 N–H and O–H groups in total. The van der Waals surface area contributed by atoms with Crippen LogP contribution >= 0.6 is 0 Å². The van der Waals surface area contributed by atoms with Gasteiger partial charge in [0, 0.05) is 6.07 Å². The lowest BCUT2D eigenvalue weighted by molar-refractivity contribution is -0.386. The van der Waals surface area contributed by atoms with Crippen LogP contribution in [0.2, 0.25) is 0 Å². The number of halogens is 2. The molecule has 0 spiro atoms. The third-order valence-electron chi connectivity index (χ3n) is 5.62. The second-order valence-electron chi connectivity index (χ2n) is 7.99. The average Bonchev–Trinajstić information content (AvgIpc) is 2.89. The molecule has 0 bridgehead atoms. The standard InChI is InChI=1S/C28H23F2NO4/c1-20(35-27-25(31(32)33)18-17-24(29)26(27)30)19-34-28(21-11-5-2-6-12-21,22-13-7-3-8-14-22)23-15-9-4-10-16-23/h2-18,20H,19H2,1H3. The summed E-state index contributed by atoms with van der Waals surface area (Å²) in [6.45, 7) is 1.51. The van der Waals surface area contributed by atoms with E-state index in [-0.39, 0.29) is 6.61 Å². The van der Waals surface area contributed by atoms with Gasteiger partial charge >= 0.3 is 5.69 Å². The Morgan fingerprint density at radius 3 is 1.69 bits per heavy atom. The van der Waals surface area contributed by atoms with Crippen molar-refractivity contribution in [1.29, 1.82) is 0 Å². The van der Waals surface area contributed by atoms with E-state index in [2.05, 4.69) is 0 Å². The third-order valence-corrected chi connectivity index (χ3v) is 5.62. The van der Waals surface area contributed by atoms with Gasteiger partial charge in [0.1, 0.15) is 11.7 Å². The van der Waals surface area contributed by atoms with Gasteiger partial charge in [-0.05, 0) is 29.7 Å². The predicted octanol–water partition coefficient (Wildman–Crippen LogP) is 6.65. The van der Waals surface area contributed by atoms with Crippen LogP contribution in [0.5, 0.6) is 5.75 Å². The van der Waals surface area contributed by atoms with Crippen molar-refractivity contribution in [1.82, 2.24) is 0 Å². The first-order valence-electron chi connectivity index (χ1n) is 11.0. The average molecular weight is 475 g/mol. The maximum atomic E-state index is 14.4. The number of nitro groups is 1. The molecule has 0 amide bonds. The van der Waals surface area contributed by atoms with Crippen LogP contribution in [-0.4, -0.2) is 17.6 Å². The molecule has 0 aliphatic heterocycles. The molecule has 1 unspecified atom stereocenters. The van der Waals surface area contributed by atoms with E-state index in [0.717, 1.165) is 22.8 Å². The molecule has 0 aliphatic carbocycles. The number of hydrogen-bond acceptors (Lipinski definition) is 4. The van der Waals surface area contributed by atoms with E-state index < -0.39 is 39.7 Å². The fourth-order valence-electron chi connectivity index (χ4n) is 4.02. The van der Waals surface area contributed by atoms with Crippen LogP contribution in [-0.2, 0) is 10.3 Å². The molecule has 0 fully saturated rings. The first kappa shape index (κ1) is 24.0. The van der Waals surface area contributed by atoms with Crippen LogP contribution in [0.1, 0.15) is 23.6 Å². The zero-order valence-electron chi connectivity index (χ0n) is 18.9. The lowest BCUT2D eigenvalue weighted by Crippen LogP contribution is -2.36. The second-order valence-corrected chi connectivity index (χ2v) is 7.99. The minimum Gasteiger partial charge on any atom is -0.479 e. The lowest BCUT2D eigenvalue weighted by atomic mass is 9.80. The van der Waals surface area contributed by atoms with Crippen molar-refractivity contribution in [2.24, 2.45) is 0 Å². The number of nitrogens with zero attached hydrogens (tertiary/aromatic N) is 1. The predicted molar refractivity (Wildman–Crippen MR) is 128 cm³/mol. The number of hydrogen-bond donors (Lipinski definition) is 0. The van der Waals surface area contributed by atoms with Gasteiger partial charge in [-0.1, -0.05) is 91.0 Å². The monoisotopic (exact) mass is 475 g/mol. The molecular formula is C28H23F2NO4. The molecular weight excluding hydrogens is 452 g/mol. The molecule has 0 radical (unpaired) electrons. The minimum absolute atomic E-state index is 0.0776. The summed E-state index contributed by atoms with van der Waals surface area (Å²) in [6.07, 6.45) is -0.847. The van der Waals surface area contributed by atoms with Gasteiger partial charge in [-0.15, -0.1) is 0 Å². The van der Waals surface area contributed by atoms with Crippen molar-refractivity contribution in [2.75, 3.05) is 6.61 Å². The maximum absolute atomic E-state index is 14.4. The quantitative estimate of drug-likeness (QED) is 0.154. The highest BCUT2D eigenvalue weighted by atomic mass is 19.2. The summed E-state index contributed by atoms with van der Waals surface area (Å²) < 4.78 is 40.3. The molecule has 4 aromatic rings. The Labute approximate surface area is 201 Å². The fraction of sp³-hybridized carbons (Fsp3) is 0.143. The molecule has 0 heterocycles. The number of nitro benzene ring substituents is 1. The summed E-state index contributed by atoms with van der Waals surface area (Å²) >= 11 is 0.